The maximum atomic E-state index is 14.1. The number of piperidine rings is 1. The molecule has 1 aromatic rings. The van der Waals surface area contributed by atoms with Crippen LogP contribution in [0.3, 0.4) is 0 Å². The molecule has 2 amide bonds. The molecule has 15 heteroatoms. The molecule has 1 aliphatic heterocycles. The van der Waals surface area contributed by atoms with E-state index in [1.54, 1.807) is 19.0 Å². The minimum atomic E-state index is -4.40. The predicted molar refractivity (Wildman–Crippen MR) is 153 cm³/mol. The number of rotatable bonds is 4. The maximum absolute atomic E-state index is 14.1. The van der Waals surface area contributed by atoms with Crippen LogP contribution in [-0.4, -0.2) is 113 Å². The predicted octanol–water partition coefficient (Wildman–Crippen LogP) is 1.60. The number of amides is 2. The van der Waals surface area contributed by atoms with Gasteiger partial charge < -0.3 is 36.0 Å². The normalized spacial score (nSPS) is 27.4. The molecule has 1 fully saturated rings. The molecule has 12 nitrogen and oxygen atoms in total. The monoisotopic (exact) mass is 636 g/mol. The van der Waals surface area contributed by atoms with E-state index in [-0.39, 0.29) is 49.9 Å². The summed E-state index contributed by atoms with van der Waals surface area (Å²) in [5, 5.41) is 45.6. The largest absolute Gasteiger partial charge is 0.510 e. The molecule has 1 heterocycles. The molecule has 0 radical (unpaired) electrons. The van der Waals surface area contributed by atoms with Crippen LogP contribution in [-0.2, 0) is 16.0 Å². The number of carbonyl (C=O) groups excluding carboxylic acids is 4. The zero-order valence-corrected chi connectivity index (χ0v) is 25.1. The summed E-state index contributed by atoms with van der Waals surface area (Å²) in [6.07, 6.45) is -5.12. The number of hydrogen-bond acceptors (Lipinski definition) is 10. The van der Waals surface area contributed by atoms with Crippen molar-refractivity contribution in [2.24, 2.45) is 23.5 Å². The van der Waals surface area contributed by atoms with Gasteiger partial charge in [-0.2, -0.15) is 13.2 Å². The highest BCUT2D eigenvalue weighted by molar-refractivity contribution is 6.25. The molecule has 3 aliphatic carbocycles. The molecule has 1 saturated heterocycles. The number of benzene rings is 1. The third-order valence-corrected chi connectivity index (χ3v) is 9.66. The SMILES string of the molecule is CN(C)c1cc(C(=O)N2CCC(C(F)(F)F)CC2)c(O)c2c1CC1C[C@H]3[C@H](N(C)C)C(O)=C(C(N)=O)C(=O)[C@@]3(O)C(O)=C1C2=O. The van der Waals surface area contributed by atoms with Crippen LogP contribution in [0.5, 0.6) is 5.75 Å². The second-order valence-corrected chi connectivity index (χ2v) is 12.6. The van der Waals surface area contributed by atoms with Gasteiger partial charge in [0.2, 0.25) is 5.78 Å². The summed E-state index contributed by atoms with van der Waals surface area (Å²) in [5.74, 6) is -10.5. The lowest BCUT2D eigenvalue weighted by Crippen LogP contribution is -2.63. The number of alkyl halides is 3. The first-order valence-electron chi connectivity index (χ1n) is 14.4. The lowest BCUT2D eigenvalue weighted by Gasteiger charge is -2.50. The maximum Gasteiger partial charge on any atom is 0.391 e. The summed E-state index contributed by atoms with van der Waals surface area (Å²) < 4.78 is 39.6. The van der Waals surface area contributed by atoms with Crippen LogP contribution in [0.25, 0.3) is 0 Å². The number of anilines is 1. The zero-order chi connectivity index (χ0) is 33.5. The number of nitrogens with two attached hydrogens (primary N) is 1. The molecule has 0 spiro atoms. The molecular formula is C30H35F3N4O8. The number of hydrogen-bond donors (Lipinski definition) is 5. The van der Waals surface area contributed by atoms with E-state index in [9.17, 15) is 52.8 Å². The standard InChI is InChI=1S/C30H35F3N4O8/c1-35(2)17-11-15(28(44)37-7-5-13(6-8-37)30(31,32)33)22(38)19-14(17)9-12-10-16-21(36(3)4)24(40)20(27(34)43)26(42)29(16,45)25(41)18(12)23(19)39/h11-13,16,21,38,40-41,45H,5-10H2,1-4H3,(H2,34,43)/t12?,16-,21-,29-/m0/s1. The van der Waals surface area contributed by atoms with Crippen LogP contribution in [0.4, 0.5) is 18.9 Å². The second-order valence-electron chi connectivity index (χ2n) is 12.6. The van der Waals surface area contributed by atoms with Crippen LogP contribution in [0.15, 0.2) is 28.7 Å². The van der Waals surface area contributed by atoms with Crippen LogP contribution in [0.1, 0.15) is 45.5 Å². The summed E-state index contributed by atoms with van der Waals surface area (Å²) >= 11 is 0. The number of Topliss-reactive ketones (excluding diaryl/α,β-unsaturated/α-hetero) is 2. The van der Waals surface area contributed by atoms with Gasteiger partial charge in [0, 0.05) is 44.4 Å². The number of aliphatic hydroxyl groups is 3. The van der Waals surface area contributed by atoms with Crippen molar-refractivity contribution >= 4 is 29.1 Å². The van der Waals surface area contributed by atoms with E-state index in [4.69, 9.17) is 5.73 Å². The Morgan fingerprint density at radius 2 is 1.67 bits per heavy atom. The van der Waals surface area contributed by atoms with Gasteiger partial charge in [-0.05, 0) is 57.3 Å². The summed E-state index contributed by atoms with van der Waals surface area (Å²) in [6, 6.07) is 0.229. The highest BCUT2D eigenvalue weighted by Crippen LogP contribution is 2.53. The summed E-state index contributed by atoms with van der Waals surface area (Å²) in [5.41, 5.74) is 1.24. The Hall–Kier alpha value is -4.11. The van der Waals surface area contributed by atoms with Gasteiger partial charge >= 0.3 is 6.18 Å². The number of aliphatic hydroxyl groups excluding tert-OH is 2. The number of likely N-dealkylation sites (N-methyl/N-ethyl adjacent to an activating group) is 1. The van der Waals surface area contributed by atoms with Crippen molar-refractivity contribution in [3.63, 3.8) is 0 Å². The van der Waals surface area contributed by atoms with Crippen LogP contribution in [0.2, 0.25) is 0 Å². The van der Waals surface area contributed by atoms with E-state index in [0.717, 1.165) is 0 Å². The van der Waals surface area contributed by atoms with Gasteiger partial charge in [-0.3, -0.25) is 24.1 Å². The Bertz CT molecular complexity index is 1580. The van der Waals surface area contributed by atoms with Crippen LogP contribution >= 0.6 is 0 Å². The number of halogens is 3. The first-order chi connectivity index (χ1) is 20.8. The number of phenols is 1. The van der Waals surface area contributed by atoms with Gasteiger partial charge in [0.15, 0.2) is 11.4 Å². The number of primary amides is 1. The minimum absolute atomic E-state index is 0.0149. The third kappa shape index (κ3) is 4.74. The van der Waals surface area contributed by atoms with E-state index in [1.165, 1.54) is 30.0 Å². The number of allylic oxidation sites excluding steroid dienone is 1. The highest BCUT2D eigenvalue weighted by atomic mass is 19.4. The fourth-order valence-corrected chi connectivity index (χ4v) is 7.44. The molecule has 1 unspecified atom stereocenters. The fourth-order valence-electron chi connectivity index (χ4n) is 7.44. The zero-order valence-electron chi connectivity index (χ0n) is 25.1. The first kappa shape index (κ1) is 32.3. The number of aromatic hydroxyl groups is 1. The Balaban J connectivity index is 1.62. The third-order valence-electron chi connectivity index (χ3n) is 9.66. The van der Waals surface area contributed by atoms with Gasteiger partial charge in [0.25, 0.3) is 11.8 Å². The van der Waals surface area contributed by atoms with E-state index in [0.29, 0.717) is 11.3 Å². The van der Waals surface area contributed by atoms with Gasteiger partial charge in [-0.1, -0.05) is 0 Å². The number of nitrogens with zero attached hydrogens (tertiary/aromatic N) is 3. The summed E-state index contributed by atoms with van der Waals surface area (Å²) in [4.78, 5) is 57.6. The van der Waals surface area contributed by atoms with Crippen molar-refractivity contribution in [2.45, 2.75) is 43.5 Å². The average Bonchev–Trinajstić information content (AvgIpc) is 2.93. The van der Waals surface area contributed by atoms with Gasteiger partial charge in [0.1, 0.15) is 22.8 Å². The first-order valence-corrected chi connectivity index (χ1v) is 14.4. The van der Waals surface area contributed by atoms with E-state index >= 15 is 0 Å². The van der Waals surface area contributed by atoms with Gasteiger partial charge in [-0.25, -0.2) is 0 Å². The van der Waals surface area contributed by atoms with Crippen LogP contribution < -0.4 is 10.6 Å². The quantitative estimate of drug-likeness (QED) is 0.304. The van der Waals surface area contributed by atoms with Crippen molar-refractivity contribution in [2.75, 3.05) is 46.2 Å². The van der Waals surface area contributed by atoms with Crippen molar-refractivity contribution in [1.29, 1.82) is 0 Å². The number of ketones is 2. The Kier molecular flexibility index (Phi) is 7.72. The van der Waals surface area contributed by atoms with E-state index < -0.39 is 87.4 Å². The van der Waals surface area contributed by atoms with E-state index in [2.05, 4.69) is 0 Å². The lowest BCUT2D eigenvalue weighted by atomic mass is 9.58. The minimum Gasteiger partial charge on any atom is -0.510 e. The number of likely N-dealkylation sites (tertiary alicyclic amines) is 1. The smallest absolute Gasteiger partial charge is 0.391 e. The molecule has 4 aliphatic rings. The number of fused-ring (bicyclic) bond motifs is 3. The van der Waals surface area contributed by atoms with Crippen molar-refractivity contribution in [3.8, 4) is 5.75 Å². The Labute approximate surface area is 256 Å². The van der Waals surface area contributed by atoms with E-state index in [1.807, 2.05) is 0 Å². The Morgan fingerprint density at radius 1 is 1.07 bits per heavy atom. The topological polar surface area (TPSA) is 185 Å². The molecule has 0 aromatic heterocycles. The summed E-state index contributed by atoms with van der Waals surface area (Å²) in [7, 11) is 6.33. The molecule has 4 atom stereocenters. The number of phenolic OH excluding ortho intramolecular Hbond substituents is 1. The molecule has 0 bridgehead atoms. The molecular weight excluding hydrogens is 601 g/mol. The van der Waals surface area contributed by atoms with Gasteiger partial charge in [-0.15, -0.1) is 0 Å². The van der Waals surface area contributed by atoms with Gasteiger partial charge in [0.05, 0.1) is 23.1 Å². The van der Waals surface area contributed by atoms with Crippen molar-refractivity contribution in [1.82, 2.24) is 9.80 Å². The molecule has 6 N–H and O–H groups in total. The summed E-state index contributed by atoms with van der Waals surface area (Å²) in [6.45, 7) is -0.435. The molecule has 0 saturated carbocycles. The second kappa shape index (κ2) is 10.8. The lowest BCUT2D eigenvalue weighted by molar-refractivity contribution is -0.183. The fraction of sp³-hybridized carbons (Fsp3) is 0.533. The average molecular weight is 637 g/mol. The molecule has 45 heavy (non-hydrogen) atoms. The Morgan fingerprint density at radius 3 is 2.18 bits per heavy atom. The number of carbonyl (C=O) groups is 4. The molecule has 5 rings (SSSR count). The van der Waals surface area contributed by atoms with Crippen LogP contribution in [0, 0.1) is 17.8 Å². The molecule has 244 valence electrons. The van der Waals surface area contributed by atoms with Crippen molar-refractivity contribution < 1.29 is 52.8 Å². The van der Waals surface area contributed by atoms with Crippen molar-refractivity contribution in [3.05, 3.63) is 45.4 Å². The molecule has 1 aromatic carbocycles. The highest BCUT2D eigenvalue weighted by Gasteiger charge is 2.63.